The van der Waals surface area contributed by atoms with Gasteiger partial charge in [0.15, 0.2) is 0 Å². The number of amides is 1. The Bertz CT molecular complexity index is 1100. The van der Waals surface area contributed by atoms with E-state index in [0.29, 0.717) is 6.54 Å². The zero-order valence-corrected chi connectivity index (χ0v) is 14.0. The van der Waals surface area contributed by atoms with Gasteiger partial charge in [-0.15, -0.1) is 10.2 Å². The van der Waals surface area contributed by atoms with Gasteiger partial charge in [0.1, 0.15) is 0 Å². The van der Waals surface area contributed by atoms with Crippen molar-refractivity contribution in [3.8, 4) is 5.88 Å². The lowest BCUT2D eigenvalue weighted by Gasteiger charge is -2.07. The second kappa shape index (κ2) is 7.91. The highest BCUT2D eigenvalue weighted by Crippen LogP contribution is 2.23. The minimum absolute atomic E-state index is 0.202. The first-order valence-corrected chi connectivity index (χ1v) is 7.93. The van der Waals surface area contributed by atoms with Crippen LogP contribution in [0, 0.1) is 0 Å². The summed E-state index contributed by atoms with van der Waals surface area (Å²) in [6.45, 7) is 0.339. The summed E-state index contributed by atoms with van der Waals surface area (Å²) in [5.74, 6) is -1.08. The number of nitrogens with zero attached hydrogens (tertiary/aromatic N) is 2. The number of aromatic hydroxyl groups is 1. The van der Waals surface area contributed by atoms with Gasteiger partial charge in [0.25, 0.3) is 11.5 Å². The van der Waals surface area contributed by atoms with E-state index in [9.17, 15) is 19.5 Å². The molecule has 0 fully saturated rings. The normalized spacial score (nSPS) is 10.8. The molecule has 4 N–H and O–H groups in total. The maximum atomic E-state index is 12.5. The molecule has 0 aliphatic rings. The average Bonchev–Trinajstić information content (AvgIpc) is 2.66. The van der Waals surface area contributed by atoms with Gasteiger partial charge in [0.05, 0.1) is 11.3 Å². The smallest absolute Gasteiger partial charge is 0.328 e. The van der Waals surface area contributed by atoms with E-state index in [1.165, 1.54) is 6.07 Å². The zero-order chi connectivity index (χ0) is 19.2. The number of carbonyl (C=O) groups is 1. The van der Waals surface area contributed by atoms with Crippen LogP contribution >= 0.6 is 0 Å². The number of hydrogen-bond acceptors (Lipinski definition) is 6. The Balaban J connectivity index is 1.83. The van der Waals surface area contributed by atoms with Crippen LogP contribution in [0.4, 0.5) is 11.4 Å². The van der Waals surface area contributed by atoms with E-state index in [1.54, 1.807) is 18.2 Å². The van der Waals surface area contributed by atoms with Gasteiger partial charge in [-0.25, -0.2) is 4.79 Å². The van der Waals surface area contributed by atoms with Gasteiger partial charge in [0, 0.05) is 6.54 Å². The lowest BCUT2D eigenvalue weighted by atomic mass is 10.1. The molecule has 0 bridgehead atoms. The van der Waals surface area contributed by atoms with E-state index in [2.05, 4.69) is 15.5 Å². The van der Waals surface area contributed by atoms with Crippen molar-refractivity contribution in [1.29, 1.82) is 0 Å². The highest BCUT2D eigenvalue weighted by Gasteiger charge is 2.12. The van der Waals surface area contributed by atoms with Crippen molar-refractivity contribution in [2.75, 3.05) is 0 Å². The van der Waals surface area contributed by atoms with Gasteiger partial charge >= 0.3 is 5.69 Å². The van der Waals surface area contributed by atoms with Crippen molar-refractivity contribution in [1.82, 2.24) is 15.3 Å². The van der Waals surface area contributed by atoms with Gasteiger partial charge in [-0.2, -0.15) is 0 Å². The summed E-state index contributed by atoms with van der Waals surface area (Å²) in [6, 6.07) is 15.8. The Morgan fingerprint density at radius 3 is 2.41 bits per heavy atom. The van der Waals surface area contributed by atoms with Crippen molar-refractivity contribution in [3.05, 3.63) is 86.6 Å². The fourth-order valence-electron chi connectivity index (χ4n) is 2.29. The Hall–Kier alpha value is -4.01. The van der Waals surface area contributed by atoms with Crippen LogP contribution in [0.3, 0.4) is 0 Å². The fourth-order valence-corrected chi connectivity index (χ4v) is 2.29. The van der Waals surface area contributed by atoms with Gasteiger partial charge in [-0.3, -0.25) is 19.6 Å². The molecule has 0 saturated heterocycles. The van der Waals surface area contributed by atoms with Crippen molar-refractivity contribution in [3.63, 3.8) is 0 Å². The van der Waals surface area contributed by atoms with Crippen LogP contribution < -0.4 is 16.6 Å². The number of H-pyrrole nitrogens is 2. The summed E-state index contributed by atoms with van der Waals surface area (Å²) in [7, 11) is 0. The van der Waals surface area contributed by atoms with E-state index in [1.807, 2.05) is 40.3 Å². The molecule has 136 valence electrons. The molecule has 1 amide bonds. The molecular formula is C18H15N5O4. The van der Waals surface area contributed by atoms with Crippen LogP contribution in [0.25, 0.3) is 0 Å². The molecule has 0 saturated carbocycles. The largest absolute Gasteiger partial charge is 0.493 e. The van der Waals surface area contributed by atoms with E-state index < -0.39 is 22.8 Å². The van der Waals surface area contributed by atoms with E-state index in [0.717, 1.165) is 5.56 Å². The summed E-state index contributed by atoms with van der Waals surface area (Å²) in [6.07, 6.45) is 0. The molecule has 2 aromatic carbocycles. The van der Waals surface area contributed by atoms with Gasteiger partial charge in [-0.1, -0.05) is 42.5 Å². The first-order chi connectivity index (χ1) is 13.0. The predicted molar refractivity (Wildman–Crippen MR) is 97.6 cm³/mol. The molecule has 27 heavy (non-hydrogen) atoms. The molecule has 0 atom stereocenters. The first-order valence-electron chi connectivity index (χ1n) is 7.93. The molecule has 0 unspecified atom stereocenters. The van der Waals surface area contributed by atoms with Gasteiger partial charge in [-0.05, 0) is 17.7 Å². The SMILES string of the molecule is O=C(NCc1ccccc1)c1ccccc1N=Nc1c(O)[nH]c(=O)[nH]c1=O. The molecule has 1 aromatic heterocycles. The molecule has 3 rings (SSSR count). The number of benzene rings is 2. The second-order valence-corrected chi connectivity index (χ2v) is 5.49. The van der Waals surface area contributed by atoms with Crippen molar-refractivity contribution >= 4 is 17.3 Å². The van der Waals surface area contributed by atoms with Crippen molar-refractivity contribution < 1.29 is 9.90 Å². The van der Waals surface area contributed by atoms with E-state index in [-0.39, 0.29) is 17.2 Å². The van der Waals surface area contributed by atoms with Crippen molar-refractivity contribution in [2.45, 2.75) is 6.54 Å². The maximum absolute atomic E-state index is 12.5. The average molecular weight is 365 g/mol. The fraction of sp³-hybridized carbons (Fsp3) is 0.0556. The summed E-state index contributed by atoms with van der Waals surface area (Å²) in [4.78, 5) is 39.2. The molecule has 0 aliphatic heterocycles. The number of hydrogen-bond donors (Lipinski definition) is 4. The summed E-state index contributed by atoms with van der Waals surface area (Å²) >= 11 is 0. The third kappa shape index (κ3) is 4.34. The lowest BCUT2D eigenvalue weighted by molar-refractivity contribution is 0.0951. The maximum Gasteiger partial charge on any atom is 0.328 e. The summed E-state index contributed by atoms with van der Waals surface area (Å²) < 4.78 is 0. The molecule has 0 aliphatic carbocycles. The van der Waals surface area contributed by atoms with Crippen LogP contribution in [0.15, 0.2) is 74.4 Å². The molecule has 9 heteroatoms. The topological polar surface area (TPSA) is 140 Å². The molecule has 0 spiro atoms. The van der Waals surface area contributed by atoms with Gasteiger partial charge < -0.3 is 10.4 Å². The number of aromatic nitrogens is 2. The lowest BCUT2D eigenvalue weighted by Crippen LogP contribution is -2.22. The minimum atomic E-state index is -0.897. The highest BCUT2D eigenvalue weighted by atomic mass is 16.3. The van der Waals surface area contributed by atoms with Crippen LogP contribution in [0.5, 0.6) is 5.88 Å². The minimum Gasteiger partial charge on any atom is -0.493 e. The van der Waals surface area contributed by atoms with Crippen LogP contribution in [-0.2, 0) is 6.54 Å². The summed E-state index contributed by atoms with van der Waals surface area (Å²) in [5, 5.41) is 19.9. The molecule has 0 radical (unpaired) electrons. The Morgan fingerprint density at radius 1 is 0.963 bits per heavy atom. The molecule has 1 heterocycles. The summed E-state index contributed by atoms with van der Waals surface area (Å²) in [5.41, 5.74) is -0.836. The third-order valence-corrected chi connectivity index (χ3v) is 3.60. The van der Waals surface area contributed by atoms with Gasteiger partial charge in [0.2, 0.25) is 11.6 Å². The number of azo groups is 1. The van der Waals surface area contributed by atoms with E-state index in [4.69, 9.17) is 0 Å². The number of carbonyl (C=O) groups excluding carboxylic acids is 1. The number of rotatable bonds is 5. The van der Waals surface area contributed by atoms with Crippen LogP contribution in [0.1, 0.15) is 15.9 Å². The van der Waals surface area contributed by atoms with Crippen LogP contribution in [0.2, 0.25) is 0 Å². The predicted octanol–water partition coefficient (Wildman–Crippen LogP) is 2.11. The monoisotopic (exact) mass is 365 g/mol. The van der Waals surface area contributed by atoms with E-state index >= 15 is 0 Å². The standard InChI is InChI=1S/C18H15N5O4/c24-15(19-10-11-6-2-1-3-7-11)12-8-4-5-9-13(12)22-23-14-16(25)20-18(27)21-17(14)26/h1-9H,10H2,(H,19,24)(H3,20,21,25,26,27). The first kappa shape index (κ1) is 17.8. The van der Waals surface area contributed by atoms with Crippen molar-refractivity contribution in [2.24, 2.45) is 10.2 Å². The van der Waals surface area contributed by atoms with Crippen LogP contribution in [-0.4, -0.2) is 21.0 Å². The molecule has 3 aromatic rings. The molecule has 9 nitrogen and oxygen atoms in total. The number of aromatic amines is 2. The Labute approximate surface area is 152 Å². The molecular weight excluding hydrogens is 350 g/mol. The highest BCUT2D eigenvalue weighted by molar-refractivity contribution is 5.98. The number of nitrogens with one attached hydrogen (secondary N) is 3. The quantitative estimate of drug-likeness (QED) is 0.514. The second-order valence-electron chi connectivity index (χ2n) is 5.49. The Kier molecular flexibility index (Phi) is 5.22. The zero-order valence-electron chi connectivity index (χ0n) is 14.0. The Morgan fingerprint density at radius 2 is 1.67 bits per heavy atom. The third-order valence-electron chi connectivity index (χ3n) is 3.60.